The second-order valence-electron chi connectivity index (χ2n) is 5.25. The summed E-state index contributed by atoms with van der Waals surface area (Å²) in [5.74, 6) is 0.217. The number of allylic oxidation sites excluding steroid dienone is 1. The van der Waals surface area contributed by atoms with E-state index in [1.807, 2.05) is 0 Å². The molecule has 0 spiro atoms. The molecule has 0 radical (unpaired) electrons. The first-order chi connectivity index (χ1) is 11.5. The van der Waals surface area contributed by atoms with E-state index >= 15 is 0 Å². The maximum atomic E-state index is 11.4. The number of hydrogen-bond donors (Lipinski definition) is 3. The molecule has 1 aliphatic carbocycles. The molecule has 0 saturated carbocycles. The van der Waals surface area contributed by atoms with Crippen molar-refractivity contribution >= 4 is 56.9 Å². The van der Waals surface area contributed by atoms with Crippen molar-refractivity contribution in [3.8, 4) is 10.8 Å². The highest BCUT2D eigenvalue weighted by Crippen LogP contribution is 2.47. The molecule has 2 aromatic rings. The molecule has 0 atom stereocenters. The molecule has 0 aromatic carbocycles. The number of primary amides is 1. The number of rotatable bonds is 5. The van der Waals surface area contributed by atoms with Crippen molar-refractivity contribution < 1.29 is 9.53 Å². The van der Waals surface area contributed by atoms with Crippen molar-refractivity contribution in [3.63, 3.8) is 0 Å². The number of halogens is 1. The standard InChI is InChI=1S/C16H14BrN3O2S2/c17-12-4-2-9(7-20-12)22-16-14-10(11(24-16)5-13(19)21)3-1-8(6-18)15(14)23/h2,4,6-7,18,23H,1,3,5H2,(H2,19,21). The predicted molar refractivity (Wildman–Crippen MR) is 102 cm³/mol. The number of ether oxygens (including phenoxy) is 1. The van der Waals surface area contributed by atoms with Gasteiger partial charge in [0, 0.05) is 21.6 Å². The Labute approximate surface area is 157 Å². The average molecular weight is 424 g/mol. The Morgan fingerprint density at radius 3 is 2.92 bits per heavy atom. The van der Waals surface area contributed by atoms with Crippen LogP contribution in [-0.4, -0.2) is 17.1 Å². The number of carbonyl (C=O) groups excluding carboxylic acids is 1. The first-order valence-corrected chi connectivity index (χ1v) is 9.20. The fourth-order valence-corrected chi connectivity index (χ4v) is 4.53. The maximum absolute atomic E-state index is 11.4. The Bertz CT molecular complexity index is 844. The van der Waals surface area contributed by atoms with Gasteiger partial charge in [-0.3, -0.25) is 4.79 Å². The van der Waals surface area contributed by atoms with Crippen LogP contribution in [0.2, 0.25) is 0 Å². The number of nitrogens with one attached hydrogen (secondary N) is 1. The van der Waals surface area contributed by atoms with Crippen LogP contribution in [0.5, 0.6) is 10.8 Å². The van der Waals surface area contributed by atoms with Gasteiger partial charge in [-0.1, -0.05) is 0 Å². The largest absolute Gasteiger partial charge is 0.444 e. The molecule has 0 aliphatic heterocycles. The zero-order chi connectivity index (χ0) is 17.3. The molecule has 0 bridgehead atoms. The van der Waals surface area contributed by atoms with Crippen LogP contribution in [0.15, 0.2) is 28.5 Å². The highest BCUT2D eigenvalue weighted by molar-refractivity contribution is 9.10. The highest BCUT2D eigenvalue weighted by atomic mass is 79.9. The molecule has 124 valence electrons. The molecule has 8 heteroatoms. The number of pyridine rings is 1. The van der Waals surface area contributed by atoms with Crippen molar-refractivity contribution in [2.45, 2.75) is 19.3 Å². The zero-order valence-electron chi connectivity index (χ0n) is 12.5. The van der Waals surface area contributed by atoms with Crippen LogP contribution in [-0.2, 0) is 17.6 Å². The van der Waals surface area contributed by atoms with Crippen molar-refractivity contribution in [1.82, 2.24) is 4.98 Å². The van der Waals surface area contributed by atoms with Gasteiger partial charge in [-0.15, -0.1) is 24.0 Å². The summed E-state index contributed by atoms with van der Waals surface area (Å²) in [6, 6.07) is 3.60. The van der Waals surface area contributed by atoms with Gasteiger partial charge in [-0.2, -0.15) is 0 Å². The van der Waals surface area contributed by atoms with E-state index in [2.05, 4.69) is 33.5 Å². The molecule has 0 fully saturated rings. The second-order valence-corrected chi connectivity index (χ2v) is 7.57. The van der Waals surface area contributed by atoms with Crippen LogP contribution >= 0.6 is 39.9 Å². The molecule has 1 aliphatic rings. The predicted octanol–water partition coefficient (Wildman–Crippen LogP) is 3.96. The summed E-state index contributed by atoms with van der Waals surface area (Å²) in [4.78, 5) is 17.1. The van der Waals surface area contributed by atoms with Crippen molar-refractivity contribution in [1.29, 1.82) is 5.41 Å². The maximum Gasteiger partial charge on any atom is 0.222 e. The van der Waals surface area contributed by atoms with Gasteiger partial charge in [-0.25, -0.2) is 4.98 Å². The van der Waals surface area contributed by atoms with Gasteiger partial charge in [0.15, 0.2) is 5.06 Å². The quantitative estimate of drug-likeness (QED) is 0.386. The fraction of sp³-hybridized carbons (Fsp3) is 0.188. The van der Waals surface area contributed by atoms with Crippen LogP contribution < -0.4 is 10.5 Å². The summed E-state index contributed by atoms with van der Waals surface area (Å²) in [5, 5.41) is 8.19. The number of thiol groups is 1. The topological polar surface area (TPSA) is 89.1 Å². The van der Waals surface area contributed by atoms with Crippen molar-refractivity contribution in [2.24, 2.45) is 5.73 Å². The number of fused-ring (bicyclic) bond motifs is 1. The van der Waals surface area contributed by atoms with Gasteiger partial charge in [0.05, 0.1) is 12.6 Å². The van der Waals surface area contributed by atoms with E-state index in [4.69, 9.17) is 15.9 Å². The number of aromatic nitrogens is 1. The summed E-state index contributed by atoms with van der Waals surface area (Å²) in [6.45, 7) is 0. The van der Waals surface area contributed by atoms with Crippen LogP contribution in [0, 0.1) is 5.41 Å². The molecule has 0 saturated heterocycles. The molecule has 2 aromatic heterocycles. The SMILES string of the molecule is N=CC1=C(S)c2c(Oc3ccc(Br)nc3)sc(CC(N)=O)c2CC1. The minimum atomic E-state index is -0.376. The smallest absolute Gasteiger partial charge is 0.222 e. The lowest BCUT2D eigenvalue weighted by Crippen LogP contribution is -2.14. The lowest BCUT2D eigenvalue weighted by Gasteiger charge is -2.17. The third-order valence-corrected chi connectivity index (χ3v) is 5.75. The third-order valence-electron chi connectivity index (χ3n) is 3.66. The third kappa shape index (κ3) is 3.40. The minimum Gasteiger partial charge on any atom is -0.444 e. The molecule has 0 unspecified atom stereocenters. The Morgan fingerprint density at radius 2 is 2.29 bits per heavy atom. The number of amides is 1. The van der Waals surface area contributed by atoms with Crippen LogP contribution in [0.25, 0.3) is 4.91 Å². The molecule has 5 nitrogen and oxygen atoms in total. The van der Waals surface area contributed by atoms with Gasteiger partial charge >= 0.3 is 0 Å². The van der Waals surface area contributed by atoms with E-state index < -0.39 is 0 Å². The van der Waals surface area contributed by atoms with Crippen LogP contribution in [0.3, 0.4) is 0 Å². The van der Waals surface area contributed by atoms with E-state index in [0.717, 1.165) is 43.9 Å². The Hall–Kier alpha value is -1.64. The fourth-order valence-electron chi connectivity index (χ4n) is 2.57. The number of carbonyl (C=O) groups is 1. The lowest BCUT2D eigenvalue weighted by atomic mass is 9.93. The molecule has 3 rings (SSSR count). The number of thiophene rings is 1. The van der Waals surface area contributed by atoms with Gasteiger partial charge in [-0.05, 0) is 52.0 Å². The molecular formula is C16H14BrN3O2S2. The lowest BCUT2D eigenvalue weighted by molar-refractivity contribution is -0.117. The molecule has 3 N–H and O–H groups in total. The molecule has 2 heterocycles. The summed E-state index contributed by atoms with van der Waals surface area (Å²) in [7, 11) is 0. The number of nitrogens with two attached hydrogens (primary N) is 1. The normalized spacial score (nSPS) is 13.6. The summed E-state index contributed by atoms with van der Waals surface area (Å²) in [6.07, 6.45) is 4.58. The average Bonchev–Trinajstić information content (AvgIpc) is 2.87. The van der Waals surface area contributed by atoms with Crippen LogP contribution in [0.1, 0.15) is 22.4 Å². The van der Waals surface area contributed by atoms with E-state index in [1.165, 1.54) is 17.6 Å². The minimum absolute atomic E-state index is 0.177. The molecule has 24 heavy (non-hydrogen) atoms. The Morgan fingerprint density at radius 1 is 1.50 bits per heavy atom. The van der Waals surface area contributed by atoms with Gasteiger partial charge < -0.3 is 15.9 Å². The Balaban J connectivity index is 2.07. The van der Waals surface area contributed by atoms with Crippen molar-refractivity contribution in [2.75, 3.05) is 0 Å². The van der Waals surface area contributed by atoms with E-state index in [-0.39, 0.29) is 12.3 Å². The Kier molecular flexibility index (Phi) is 5.07. The first-order valence-electron chi connectivity index (χ1n) is 7.14. The second kappa shape index (κ2) is 7.08. The van der Waals surface area contributed by atoms with Gasteiger partial charge in [0.2, 0.25) is 5.91 Å². The van der Waals surface area contributed by atoms with Crippen LogP contribution in [0.4, 0.5) is 0 Å². The monoisotopic (exact) mass is 423 g/mol. The molecule has 1 amide bonds. The van der Waals surface area contributed by atoms with Gasteiger partial charge in [0.1, 0.15) is 10.4 Å². The number of nitrogens with zero attached hydrogens (tertiary/aromatic N) is 1. The summed E-state index contributed by atoms with van der Waals surface area (Å²) < 4.78 is 6.70. The van der Waals surface area contributed by atoms with Gasteiger partial charge in [0.25, 0.3) is 0 Å². The molecular weight excluding hydrogens is 410 g/mol. The van der Waals surface area contributed by atoms with E-state index in [9.17, 15) is 4.79 Å². The first kappa shape index (κ1) is 17.2. The number of hydrogen-bond acceptors (Lipinski definition) is 6. The highest BCUT2D eigenvalue weighted by Gasteiger charge is 2.27. The van der Waals surface area contributed by atoms with E-state index in [0.29, 0.717) is 10.8 Å². The summed E-state index contributed by atoms with van der Waals surface area (Å²) in [5.41, 5.74) is 8.11. The summed E-state index contributed by atoms with van der Waals surface area (Å²) >= 11 is 9.27. The zero-order valence-corrected chi connectivity index (χ0v) is 15.8. The van der Waals surface area contributed by atoms with E-state index in [1.54, 1.807) is 18.3 Å². The van der Waals surface area contributed by atoms with Crippen molar-refractivity contribution in [3.05, 3.63) is 44.5 Å².